The molecule has 1 rings (SSSR count). The molecule has 0 bridgehead atoms. The second-order valence-corrected chi connectivity index (χ2v) is 4.97. The Bertz CT molecular complexity index is 358. The molecule has 0 fully saturated rings. The van der Waals surface area contributed by atoms with Gasteiger partial charge in [-0.3, -0.25) is 0 Å². The molecular weight excluding hydrogens is 269 g/mol. The largest absolute Gasteiger partial charge is 0.382 e. The van der Waals surface area contributed by atoms with E-state index in [4.69, 9.17) is 27.9 Å². The Morgan fingerprint density at radius 2 is 2.06 bits per heavy atom. The Balaban J connectivity index is 2.49. The lowest BCUT2D eigenvalue weighted by molar-refractivity contribution is 0.144. The molecule has 1 aromatic carbocycles. The van der Waals surface area contributed by atoms with Crippen molar-refractivity contribution in [2.24, 2.45) is 0 Å². The van der Waals surface area contributed by atoms with Gasteiger partial charge in [0.25, 0.3) is 0 Å². The molecule has 0 aliphatic heterocycles. The molecule has 0 amide bonds. The van der Waals surface area contributed by atoms with E-state index in [1.165, 1.54) is 0 Å². The minimum atomic E-state index is 0.274. The highest BCUT2D eigenvalue weighted by atomic mass is 35.5. The van der Waals surface area contributed by atoms with E-state index in [2.05, 4.69) is 12.2 Å². The molecule has 0 spiro atoms. The fraction of sp³-hybridized carbons (Fsp3) is 0.571. The quantitative estimate of drug-likeness (QED) is 0.714. The van der Waals surface area contributed by atoms with Gasteiger partial charge in [-0.1, -0.05) is 36.2 Å². The topological polar surface area (TPSA) is 21.3 Å². The van der Waals surface area contributed by atoms with Gasteiger partial charge in [-0.25, -0.2) is 0 Å². The lowest BCUT2D eigenvalue weighted by Crippen LogP contribution is -2.23. The van der Waals surface area contributed by atoms with Gasteiger partial charge >= 0.3 is 0 Å². The van der Waals surface area contributed by atoms with E-state index >= 15 is 0 Å². The molecule has 1 unspecified atom stereocenters. The summed E-state index contributed by atoms with van der Waals surface area (Å²) in [6, 6.07) is 5.95. The van der Waals surface area contributed by atoms with Crippen molar-refractivity contribution in [1.82, 2.24) is 5.32 Å². The predicted octanol–water partition coefficient (Wildman–Crippen LogP) is 4.46. The average Bonchev–Trinajstić information content (AvgIpc) is 2.35. The van der Waals surface area contributed by atoms with E-state index in [0.717, 1.165) is 43.2 Å². The van der Waals surface area contributed by atoms with Crippen LogP contribution in [0.3, 0.4) is 0 Å². The van der Waals surface area contributed by atoms with Crippen molar-refractivity contribution in [3.8, 4) is 0 Å². The number of ether oxygens (including phenoxy) is 1. The highest BCUT2D eigenvalue weighted by Crippen LogP contribution is 2.27. The zero-order chi connectivity index (χ0) is 13.4. The van der Waals surface area contributed by atoms with Crippen LogP contribution in [-0.2, 0) is 4.74 Å². The van der Waals surface area contributed by atoms with Crippen LogP contribution in [0.2, 0.25) is 10.0 Å². The zero-order valence-electron chi connectivity index (χ0n) is 11.0. The fourth-order valence-electron chi connectivity index (χ4n) is 1.85. The molecule has 0 aromatic heterocycles. The van der Waals surface area contributed by atoms with Gasteiger partial charge < -0.3 is 10.1 Å². The van der Waals surface area contributed by atoms with E-state index < -0.39 is 0 Å². The summed E-state index contributed by atoms with van der Waals surface area (Å²) in [5.41, 5.74) is 1.11. The standard InChI is InChI=1S/C14H21Cl2NO/c1-3-14(17-8-5-9-18-4-2)12-7-6-11(15)10-13(12)16/h6-7,10,14,17H,3-5,8-9H2,1-2H3. The maximum Gasteiger partial charge on any atom is 0.0477 e. The lowest BCUT2D eigenvalue weighted by Gasteiger charge is -2.19. The molecule has 0 radical (unpaired) electrons. The Labute approximate surface area is 120 Å². The third-order valence-corrected chi connectivity index (χ3v) is 3.37. The molecule has 18 heavy (non-hydrogen) atoms. The second-order valence-electron chi connectivity index (χ2n) is 4.13. The number of hydrogen-bond donors (Lipinski definition) is 1. The highest BCUT2D eigenvalue weighted by molar-refractivity contribution is 6.35. The summed E-state index contributed by atoms with van der Waals surface area (Å²) >= 11 is 12.1. The number of hydrogen-bond acceptors (Lipinski definition) is 2. The van der Waals surface area contributed by atoms with Gasteiger partial charge in [0, 0.05) is 29.3 Å². The van der Waals surface area contributed by atoms with Gasteiger partial charge in [-0.15, -0.1) is 0 Å². The molecule has 0 aliphatic rings. The van der Waals surface area contributed by atoms with Gasteiger partial charge in [-0.05, 0) is 44.0 Å². The van der Waals surface area contributed by atoms with Crippen molar-refractivity contribution in [2.75, 3.05) is 19.8 Å². The van der Waals surface area contributed by atoms with E-state index in [1.54, 1.807) is 6.07 Å². The van der Waals surface area contributed by atoms with Gasteiger partial charge in [0.1, 0.15) is 0 Å². The third-order valence-electron chi connectivity index (χ3n) is 2.81. The van der Waals surface area contributed by atoms with Crippen molar-refractivity contribution in [2.45, 2.75) is 32.7 Å². The molecule has 102 valence electrons. The number of benzene rings is 1. The summed E-state index contributed by atoms with van der Waals surface area (Å²) in [5.74, 6) is 0. The van der Waals surface area contributed by atoms with Crippen LogP contribution in [0.4, 0.5) is 0 Å². The summed E-state index contributed by atoms with van der Waals surface area (Å²) in [6.07, 6.45) is 2.01. The van der Waals surface area contributed by atoms with Crippen LogP contribution in [0.5, 0.6) is 0 Å². The van der Waals surface area contributed by atoms with Crippen molar-refractivity contribution in [1.29, 1.82) is 0 Å². The molecule has 1 atom stereocenters. The molecule has 0 aliphatic carbocycles. The summed E-state index contributed by atoms with van der Waals surface area (Å²) < 4.78 is 5.31. The average molecular weight is 290 g/mol. The SMILES string of the molecule is CCOCCCNC(CC)c1ccc(Cl)cc1Cl. The van der Waals surface area contributed by atoms with Crippen LogP contribution in [0.1, 0.15) is 38.3 Å². The van der Waals surface area contributed by atoms with Gasteiger partial charge in [-0.2, -0.15) is 0 Å². The van der Waals surface area contributed by atoms with Crippen molar-refractivity contribution in [3.05, 3.63) is 33.8 Å². The van der Waals surface area contributed by atoms with Crippen LogP contribution in [0.25, 0.3) is 0 Å². The first-order chi connectivity index (χ1) is 8.69. The monoisotopic (exact) mass is 289 g/mol. The first-order valence-corrected chi connectivity index (χ1v) is 7.20. The summed E-state index contributed by atoms with van der Waals surface area (Å²) in [5, 5.41) is 4.90. The Hall–Kier alpha value is -0.280. The lowest BCUT2D eigenvalue weighted by atomic mass is 10.0. The van der Waals surface area contributed by atoms with E-state index in [-0.39, 0.29) is 6.04 Å². The predicted molar refractivity (Wildman–Crippen MR) is 78.6 cm³/mol. The molecule has 1 N–H and O–H groups in total. The van der Waals surface area contributed by atoms with Crippen molar-refractivity contribution >= 4 is 23.2 Å². The number of rotatable bonds is 8. The number of nitrogens with one attached hydrogen (secondary N) is 1. The van der Waals surface area contributed by atoms with E-state index in [1.807, 2.05) is 19.1 Å². The summed E-state index contributed by atoms with van der Waals surface area (Å²) in [6.45, 7) is 6.66. The Morgan fingerprint density at radius 1 is 1.28 bits per heavy atom. The normalized spacial score (nSPS) is 12.7. The Morgan fingerprint density at radius 3 is 2.67 bits per heavy atom. The summed E-state index contributed by atoms with van der Waals surface area (Å²) in [7, 11) is 0. The van der Waals surface area contributed by atoms with Gasteiger partial charge in [0.05, 0.1) is 0 Å². The van der Waals surface area contributed by atoms with Crippen molar-refractivity contribution in [3.63, 3.8) is 0 Å². The maximum absolute atomic E-state index is 6.22. The van der Waals surface area contributed by atoms with Crippen LogP contribution in [-0.4, -0.2) is 19.8 Å². The zero-order valence-corrected chi connectivity index (χ0v) is 12.5. The van der Waals surface area contributed by atoms with E-state index in [9.17, 15) is 0 Å². The van der Waals surface area contributed by atoms with Crippen LogP contribution in [0, 0.1) is 0 Å². The molecule has 2 nitrogen and oxygen atoms in total. The van der Waals surface area contributed by atoms with Crippen LogP contribution < -0.4 is 5.32 Å². The summed E-state index contributed by atoms with van der Waals surface area (Å²) in [4.78, 5) is 0. The van der Waals surface area contributed by atoms with Gasteiger partial charge in [0.2, 0.25) is 0 Å². The first-order valence-electron chi connectivity index (χ1n) is 6.45. The maximum atomic E-state index is 6.22. The fourth-order valence-corrected chi connectivity index (χ4v) is 2.39. The number of halogens is 2. The molecule has 1 aromatic rings. The molecule has 0 saturated carbocycles. The highest BCUT2D eigenvalue weighted by Gasteiger charge is 2.12. The van der Waals surface area contributed by atoms with Gasteiger partial charge in [0.15, 0.2) is 0 Å². The smallest absolute Gasteiger partial charge is 0.0477 e. The molecule has 4 heteroatoms. The first kappa shape index (κ1) is 15.8. The Kier molecular flexibility index (Phi) is 7.68. The minimum absolute atomic E-state index is 0.274. The molecule has 0 saturated heterocycles. The van der Waals surface area contributed by atoms with Crippen LogP contribution >= 0.6 is 23.2 Å². The molecule has 0 heterocycles. The minimum Gasteiger partial charge on any atom is -0.382 e. The third kappa shape index (κ3) is 5.15. The van der Waals surface area contributed by atoms with E-state index in [0.29, 0.717) is 5.02 Å². The van der Waals surface area contributed by atoms with Crippen LogP contribution in [0.15, 0.2) is 18.2 Å². The molecular formula is C14H21Cl2NO. The second kappa shape index (κ2) is 8.76. The van der Waals surface area contributed by atoms with Crippen molar-refractivity contribution < 1.29 is 4.74 Å².